The minimum Gasteiger partial charge on any atom is -0.467 e. The number of anilines is 2. The van der Waals surface area contributed by atoms with Crippen molar-refractivity contribution < 1.29 is 14.0 Å². The van der Waals surface area contributed by atoms with Crippen LogP contribution < -0.4 is 10.6 Å². The molecule has 2 aromatic heterocycles. The van der Waals surface area contributed by atoms with Crippen molar-refractivity contribution in [1.82, 2.24) is 15.3 Å². The van der Waals surface area contributed by atoms with E-state index >= 15 is 0 Å². The molecule has 3 rings (SSSR count). The van der Waals surface area contributed by atoms with Crippen molar-refractivity contribution in [2.75, 3.05) is 5.32 Å². The van der Waals surface area contributed by atoms with Crippen LogP contribution in [0.4, 0.5) is 11.6 Å². The predicted octanol–water partition coefficient (Wildman–Crippen LogP) is 3.25. The minimum absolute atomic E-state index is 0.0307. The van der Waals surface area contributed by atoms with Gasteiger partial charge in [-0.1, -0.05) is 12.1 Å². The summed E-state index contributed by atoms with van der Waals surface area (Å²) in [6, 6.07) is 12.2. The van der Waals surface area contributed by atoms with Crippen LogP contribution in [0, 0.1) is 6.92 Å². The highest BCUT2D eigenvalue weighted by Crippen LogP contribution is 2.16. The molecule has 132 valence electrons. The highest BCUT2D eigenvalue weighted by molar-refractivity contribution is 5.95. The summed E-state index contributed by atoms with van der Waals surface area (Å²) >= 11 is 0. The molecule has 0 spiro atoms. The molecule has 2 N–H and O–H groups in total. The second kappa shape index (κ2) is 7.60. The lowest BCUT2D eigenvalue weighted by molar-refractivity contribution is 0.0942. The van der Waals surface area contributed by atoms with E-state index in [4.69, 9.17) is 4.42 Å². The summed E-state index contributed by atoms with van der Waals surface area (Å²) in [6.45, 7) is 3.56. The number of rotatable bonds is 6. The largest absolute Gasteiger partial charge is 0.467 e. The van der Waals surface area contributed by atoms with Gasteiger partial charge in [0.05, 0.1) is 12.8 Å². The average molecular weight is 350 g/mol. The lowest BCUT2D eigenvalue weighted by Gasteiger charge is -2.09. The number of furan rings is 1. The van der Waals surface area contributed by atoms with Crippen molar-refractivity contribution in [3.63, 3.8) is 0 Å². The van der Waals surface area contributed by atoms with Crippen LogP contribution in [0.5, 0.6) is 0 Å². The lowest BCUT2D eigenvalue weighted by Crippen LogP contribution is -2.24. The average Bonchev–Trinajstić information content (AvgIpc) is 3.13. The first kappa shape index (κ1) is 17.3. The lowest BCUT2D eigenvalue weighted by atomic mass is 10.1. The maximum atomic E-state index is 12.3. The Morgan fingerprint density at radius 2 is 1.96 bits per heavy atom. The number of hydrogen-bond donors (Lipinski definition) is 2. The number of nitrogens with zero attached hydrogens (tertiary/aromatic N) is 2. The van der Waals surface area contributed by atoms with E-state index in [-0.39, 0.29) is 29.9 Å². The van der Waals surface area contributed by atoms with E-state index in [2.05, 4.69) is 20.6 Å². The summed E-state index contributed by atoms with van der Waals surface area (Å²) in [7, 11) is 0. The Labute approximate surface area is 150 Å². The van der Waals surface area contributed by atoms with E-state index in [0.29, 0.717) is 22.7 Å². The zero-order valence-electron chi connectivity index (χ0n) is 14.4. The van der Waals surface area contributed by atoms with Gasteiger partial charge in [-0.3, -0.25) is 9.59 Å². The molecule has 0 saturated carbocycles. The maximum Gasteiger partial charge on any atom is 0.270 e. The Balaban J connectivity index is 1.75. The molecule has 0 saturated heterocycles. The molecule has 3 aromatic rings. The summed E-state index contributed by atoms with van der Waals surface area (Å²) in [6.07, 6.45) is 1.55. The van der Waals surface area contributed by atoms with Crippen LogP contribution in [0.15, 0.2) is 53.1 Å². The fraction of sp³-hybridized carbons (Fsp3) is 0.158. The molecular formula is C19H18N4O3. The molecule has 7 nitrogen and oxygen atoms in total. The van der Waals surface area contributed by atoms with Crippen molar-refractivity contribution >= 4 is 23.3 Å². The molecule has 0 aliphatic carbocycles. The normalized spacial score (nSPS) is 10.4. The molecular weight excluding hydrogens is 332 g/mol. The highest BCUT2D eigenvalue weighted by atomic mass is 16.3. The standard InChI is InChI=1S/C19H18N4O3/c1-12-9-17(18(25)20-11-16-7-4-8-26-16)23-19(21-12)22-15-6-3-5-14(10-15)13(2)24/h3-10H,11H2,1-2H3,(H,20,25)(H,21,22,23). The molecule has 7 heteroatoms. The summed E-state index contributed by atoms with van der Waals surface area (Å²) < 4.78 is 5.19. The van der Waals surface area contributed by atoms with E-state index in [0.717, 1.165) is 0 Å². The maximum absolute atomic E-state index is 12.3. The fourth-order valence-electron chi connectivity index (χ4n) is 2.36. The summed E-state index contributed by atoms with van der Waals surface area (Å²) in [5, 5.41) is 5.78. The van der Waals surface area contributed by atoms with Crippen LogP contribution in [0.3, 0.4) is 0 Å². The molecule has 0 unspecified atom stereocenters. The number of hydrogen-bond acceptors (Lipinski definition) is 6. The van der Waals surface area contributed by atoms with Crippen LogP contribution in [0.25, 0.3) is 0 Å². The summed E-state index contributed by atoms with van der Waals surface area (Å²) in [5.41, 5.74) is 2.15. The molecule has 1 aromatic carbocycles. The number of aryl methyl sites for hydroxylation is 1. The van der Waals surface area contributed by atoms with Gasteiger partial charge < -0.3 is 15.1 Å². The van der Waals surface area contributed by atoms with Gasteiger partial charge in [0.1, 0.15) is 11.5 Å². The topological polar surface area (TPSA) is 97.1 Å². The number of amides is 1. The third-order valence-corrected chi connectivity index (χ3v) is 3.62. The van der Waals surface area contributed by atoms with Gasteiger partial charge in [0.2, 0.25) is 5.95 Å². The van der Waals surface area contributed by atoms with Crippen molar-refractivity contribution in [3.8, 4) is 0 Å². The van der Waals surface area contributed by atoms with Crippen molar-refractivity contribution in [2.45, 2.75) is 20.4 Å². The Kier molecular flexibility index (Phi) is 5.07. The Morgan fingerprint density at radius 3 is 2.69 bits per heavy atom. The third-order valence-electron chi connectivity index (χ3n) is 3.62. The second-order valence-corrected chi connectivity index (χ2v) is 5.74. The van der Waals surface area contributed by atoms with E-state index in [1.54, 1.807) is 55.7 Å². The predicted molar refractivity (Wildman–Crippen MR) is 96.4 cm³/mol. The van der Waals surface area contributed by atoms with E-state index in [9.17, 15) is 9.59 Å². The molecule has 1 amide bonds. The zero-order valence-corrected chi connectivity index (χ0v) is 14.4. The van der Waals surface area contributed by atoms with Crippen molar-refractivity contribution in [3.05, 3.63) is 71.4 Å². The van der Waals surface area contributed by atoms with Gasteiger partial charge >= 0.3 is 0 Å². The Bertz CT molecular complexity index is 936. The van der Waals surface area contributed by atoms with E-state index < -0.39 is 0 Å². The van der Waals surface area contributed by atoms with Crippen molar-refractivity contribution in [2.24, 2.45) is 0 Å². The summed E-state index contributed by atoms with van der Waals surface area (Å²) in [5.74, 6) is 0.585. The van der Waals surface area contributed by atoms with Crippen LogP contribution in [0.1, 0.15) is 39.2 Å². The first-order valence-corrected chi connectivity index (χ1v) is 8.05. The first-order valence-electron chi connectivity index (χ1n) is 8.05. The van der Waals surface area contributed by atoms with Gasteiger partial charge in [-0.25, -0.2) is 9.97 Å². The fourth-order valence-corrected chi connectivity index (χ4v) is 2.36. The number of benzene rings is 1. The zero-order chi connectivity index (χ0) is 18.5. The molecule has 0 aliphatic heterocycles. The number of nitrogens with one attached hydrogen (secondary N) is 2. The van der Waals surface area contributed by atoms with Crippen LogP contribution in [0.2, 0.25) is 0 Å². The molecule has 2 heterocycles. The van der Waals surface area contributed by atoms with E-state index in [1.165, 1.54) is 6.92 Å². The quantitative estimate of drug-likeness (QED) is 0.662. The third kappa shape index (κ3) is 4.32. The first-order chi connectivity index (χ1) is 12.5. The minimum atomic E-state index is -0.326. The monoisotopic (exact) mass is 350 g/mol. The molecule has 0 radical (unpaired) electrons. The SMILES string of the molecule is CC(=O)c1cccc(Nc2nc(C)cc(C(=O)NCc3ccco3)n2)c1. The smallest absolute Gasteiger partial charge is 0.270 e. The van der Waals surface area contributed by atoms with E-state index in [1.807, 2.05) is 0 Å². The van der Waals surface area contributed by atoms with Gasteiger partial charge in [0, 0.05) is 16.9 Å². The molecule has 0 bridgehead atoms. The van der Waals surface area contributed by atoms with Crippen LogP contribution in [-0.2, 0) is 6.54 Å². The van der Waals surface area contributed by atoms with Gasteiger partial charge in [-0.2, -0.15) is 0 Å². The molecule has 0 aliphatic rings. The second-order valence-electron chi connectivity index (χ2n) is 5.74. The Morgan fingerprint density at radius 1 is 1.12 bits per heavy atom. The number of ketones is 1. The van der Waals surface area contributed by atoms with Crippen LogP contribution in [-0.4, -0.2) is 21.7 Å². The van der Waals surface area contributed by atoms with Crippen molar-refractivity contribution in [1.29, 1.82) is 0 Å². The number of carbonyl (C=O) groups is 2. The summed E-state index contributed by atoms with van der Waals surface area (Å²) in [4.78, 5) is 32.4. The number of carbonyl (C=O) groups excluding carboxylic acids is 2. The van der Waals surface area contributed by atoms with Gasteiger partial charge in [0.25, 0.3) is 5.91 Å². The van der Waals surface area contributed by atoms with Gasteiger partial charge in [-0.15, -0.1) is 0 Å². The molecule has 0 atom stereocenters. The highest BCUT2D eigenvalue weighted by Gasteiger charge is 2.11. The van der Waals surface area contributed by atoms with Gasteiger partial charge in [0.15, 0.2) is 5.78 Å². The molecule has 0 fully saturated rings. The Hall–Kier alpha value is -3.48. The number of aromatic nitrogens is 2. The molecule has 26 heavy (non-hydrogen) atoms. The number of Topliss-reactive ketones (excluding diaryl/α,β-unsaturated/α-hetero) is 1. The van der Waals surface area contributed by atoms with Gasteiger partial charge in [-0.05, 0) is 44.2 Å². The van der Waals surface area contributed by atoms with Crippen LogP contribution >= 0.6 is 0 Å².